The third-order valence-electron chi connectivity index (χ3n) is 4.51. The average molecular weight is 424 g/mol. The lowest BCUT2D eigenvalue weighted by atomic mass is 9.94. The molecule has 0 atom stereocenters. The first-order valence-corrected chi connectivity index (χ1v) is 9.69. The molecule has 3 rings (SSSR count). The lowest BCUT2D eigenvalue weighted by molar-refractivity contribution is 0.0753. The van der Waals surface area contributed by atoms with Crippen molar-refractivity contribution in [3.63, 3.8) is 0 Å². The van der Waals surface area contributed by atoms with Crippen molar-refractivity contribution in [1.29, 1.82) is 0 Å². The van der Waals surface area contributed by atoms with Gasteiger partial charge in [-0.1, -0.05) is 20.8 Å². The SMILES string of the molecule is Cn1cc(Br)c(C(=O)N2CCCN(Cc3ncc(C(C)(C)C)o3)CC2)n1. The summed E-state index contributed by atoms with van der Waals surface area (Å²) >= 11 is 3.42. The highest BCUT2D eigenvalue weighted by Crippen LogP contribution is 2.23. The van der Waals surface area contributed by atoms with Gasteiger partial charge < -0.3 is 9.32 Å². The van der Waals surface area contributed by atoms with Crippen molar-refractivity contribution in [3.8, 4) is 0 Å². The van der Waals surface area contributed by atoms with Crippen LogP contribution >= 0.6 is 15.9 Å². The molecule has 0 spiro atoms. The minimum atomic E-state index is -0.0384. The first kappa shape index (κ1) is 19.1. The van der Waals surface area contributed by atoms with E-state index in [4.69, 9.17) is 4.42 Å². The van der Waals surface area contributed by atoms with Crippen LogP contribution in [0.15, 0.2) is 21.3 Å². The number of rotatable bonds is 3. The van der Waals surface area contributed by atoms with Gasteiger partial charge in [-0.2, -0.15) is 5.10 Å². The van der Waals surface area contributed by atoms with Crippen molar-refractivity contribution in [2.24, 2.45) is 7.05 Å². The van der Waals surface area contributed by atoms with E-state index in [9.17, 15) is 4.79 Å². The summed E-state index contributed by atoms with van der Waals surface area (Å²) < 4.78 is 8.29. The van der Waals surface area contributed by atoms with Crippen LogP contribution in [0.3, 0.4) is 0 Å². The van der Waals surface area contributed by atoms with Crippen LogP contribution in [0, 0.1) is 0 Å². The van der Waals surface area contributed by atoms with Crippen molar-refractivity contribution in [2.45, 2.75) is 39.2 Å². The van der Waals surface area contributed by atoms with Crippen molar-refractivity contribution in [2.75, 3.05) is 26.2 Å². The Morgan fingerprint density at radius 1 is 1.27 bits per heavy atom. The van der Waals surface area contributed by atoms with Gasteiger partial charge >= 0.3 is 0 Å². The molecular weight excluding hydrogens is 398 g/mol. The smallest absolute Gasteiger partial charge is 0.275 e. The van der Waals surface area contributed by atoms with Crippen molar-refractivity contribution < 1.29 is 9.21 Å². The molecule has 0 bridgehead atoms. The number of carbonyl (C=O) groups is 1. The Kier molecular flexibility index (Phi) is 5.53. The van der Waals surface area contributed by atoms with Crippen LogP contribution in [0.4, 0.5) is 0 Å². The van der Waals surface area contributed by atoms with Gasteiger partial charge in [0.2, 0.25) is 5.89 Å². The Bertz CT molecular complexity index is 777. The highest BCUT2D eigenvalue weighted by Gasteiger charge is 2.25. The lowest BCUT2D eigenvalue weighted by Gasteiger charge is -2.20. The molecule has 142 valence electrons. The molecule has 0 aromatic carbocycles. The quantitative estimate of drug-likeness (QED) is 0.758. The van der Waals surface area contributed by atoms with E-state index in [2.05, 4.69) is 51.7 Å². The molecule has 8 heteroatoms. The summed E-state index contributed by atoms with van der Waals surface area (Å²) in [6, 6.07) is 0. The minimum Gasteiger partial charge on any atom is -0.444 e. The molecule has 2 aromatic rings. The van der Waals surface area contributed by atoms with Gasteiger partial charge in [-0.25, -0.2) is 4.98 Å². The van der Waals surface area contributed by atoms with E-state index in [0.717, 1.165) is 42.2 Å². The van der Waals surface area contributed by atoms with E-state index in [1.165, 1.54) is 0 Å². The summed E-state index contributed by atoms with van der Waals surface area (Å²) in [6.45, 7) is 10.1. The molecule has 3 heterocycles. The highest BCUT2D eigenvalue weighted by molar-refractivity contribution is 9.10. The fourth-order valence-electron chi connectivity index (χ4n) is 3.01. The van der Waals surface area contributed by atoms with Crippen LogP contribution in [0.2, 0.25) is 0 Å². The molecule has 0 saturated carbocycles. The summed E-state index contributed by atoms with van der Waals surface area (Å²) in [7, 11) is 1.81. The summed E-state index contributed by atoms with van der Waals surface area (Å²) in [5.74, 6) is 1.62. The fourth-order valence-corrected chi connectivity index (χ4v) is 3.55. The molecule has 1 aliphatic heterocycles. The van der Waals surface area contributed by atoms with Crippen molar-refractivity contribution in [1.82, 2.24) is 24.6 Å². The van der Waals surface area contributed by atoms with Gasteiger partial charge in [-0.3, -0.25) is 14.4 Å². The van der Waals surface area contributed by atoms with E-state index in [0.29, 0.717) is 18.8 Å². The van der Waals surface area contributed by atoms with Crippen LogP contribution in [-0.2, 0) is 19.0 Å². The molecule has 1 aliphatic rings. The standard InChI is InChI=1S/C18H26BrN5O2/c1-18(2,3)14-10-20-15(26-14)12-23-6-5-7-24(9-8-23)17(25)16-13(19)11-22(4)21-16/h10-11H,5-9,12H2,1-4H3. The predicted molar refractivity (Wildman–Crippen MR) is 102 cm³/mol. The number of oxazole rings is 1. The third kappa shape index (κ3) is 4.35. The van der Waals surface area contributed by atoms with Gasteiger partial charge in [-0.15, -0.1) is 0 Å². The van der Waals surface area contributed by atoms with Crippen LogP contribution in [0.25, 0.3) is 0 Å². The molecule has 1 saturated heterocycles. The zero-order valence-electron chi connectivity index (χ0n) is 15.8. The Hall–Kier alpha value is -1.67. The van der Waals surface area contributed by atoms with E-state index in [1.54, 1.807) is 10.9 Å². The van der Waals surface area contributed by atoms with Crippen LogP contribution in [0.5, 0.6) is 0 Å². The topological polar surface area (TPSA) is 67.4 Å². The molecule has 0 N–H and O–H groups in total. The van der Waals surface area contributed by atoms with Crippen molar-refractivity contribution in [3.05, 3.63) is 34.2 Å². The molecule has 1 fully saturated rings. The molecule has 0 unspecified atom stereocenters. The minimum absolute atomic E-state index is 0.0227. The van der Waals surface area contributed by atoms with Gasteiger partial charge in [0.1, 0.15) is 5.76 Å². The number of halogens is 1. The number of nitrogens with zero attached hydrogens (tertiary/aromatic N) is 5. The van der Waals surface area contributed by atoms with Gasteiger partial charge in [0.25, 0.3) is 5.91 Å². The average Bonchev–Trinajstić information content (AvgIpc) is 3.07. The summed E-state index contributed by atoms with van der Waals surface area (Å²) in [5.41, 5.74) is 0.437. The number of carbonyl (C=O) groups excluding carboxylic acids is 1. The first-order valence-electron chi connectivity index (χ1n) is 8.90. The second-order valence-electron chi connectivity index (χ2n) is 7.79. The summed E-state index contributed by atoms with van der Waals surface area (Å²) in [4.78, 5) is 21.3. The molecule has 26 heavy (non-hydrogen) atoms. The zero-order chi connectivity index (χ0) is 18.9. The Balaban J connectivity index is 1.60. The predicted octanol–water partition coefficient (Wildman–Crippen LogP) is 2.82. The van der Waals surface area contributed by atoms with Crippen LogP contribution in [-0.4, -0.2) is 56.7 Å². The van der Waals surface area contributed by atoms with Gasteiger partial charge in [0.05, 0.1) is 17.2 Å². The maximum absolute atomic E-state index is 12.7. The van der Waals surface area contributed by atoms with Crippen LogP contribution in [0.1, 0.15) is 49.3 Å². The van der Waals surface area contributed by atoms with E-state index in [1.807, 2.05) is 18.1 Å². The number of hydrogen-bond donors (Lipinski definition) is 0. The van der Waals surface area contributed by atoms with E-state index in [-0.39, 0.29) is 11.3 Å². The van der Waals surface area contributed by atoms with E-state index >= 15 is 0 Å². The maximum Gasteiger partial charge on any atom is 0.275 e. The van der Waals surface area contributed by atoms with Gasteiger partial charge in [0.15, 0.2) is 5.69 Å². The molecular formula is C18H26BrN5O2. The number of hydrogen-bond acceptors (Lipinski definition) is 5. The highest BCUT2D eigenvalue weighted by atomic mass is 79.9. The molecule has 7 nitrogen and oxygen atoms in total. The summed E-state index contributed by atoms with van der Waals surface area (Å²) in [6.07, 6.45) is 4.54. The van der Waals surface area contributed by atoms with Crippen molar-refractivity contribution >= 4 is 21.8 Å². The number of aromatic nitrogens is 3. The Labute approximate surface area is 162 Å². The second-order valence-corrected chi connectivity index (χ2v) is 8.64. The maximum atomic E-state index is 12.7. The molecule has 0 radical (unpaired) electrons. The molecule has 0 aliphatic carbocycles. The Morgan fingerprint density at radius 2 is 2.04 bits per heavy atom. The Morgan fingerprint density at radius 3 is 2.65 bits per heavy atom. The normalized spacial score (nSPS) is 16.7. The van der Waals surface area contributed by atoms with Gasteiger partial charge in [0, 0.05) is 44.8 Å². The second kappa shape index (κ2) is 7.52. The first-order chi connectivity index (χ1) is 12.2. The molecule has 2 aromatic heterocycles. The van der Waals surface area contributed by atoms with Crippen LogP contribution < -0.4 is 0 Å². The number of aryl methyl sites for hydroxylation is 1. The van der Waals surface area contributed by atoms with E-state index < -0.39 is 0 Å². The van der Waals surface area contributed by atoms with Gasteiger partial charge in [-0.05, 0) is 22.4 Å². The lowest BCUT2D eigenvalue weighted by Crippen LogP contribution is -2.35. The third-order valence-corrected chi connectivity index (χ3v) is 5.09. The number of amides is 1. The summed E-state index contributed by atoms with van der Waals surface area (Å²) in [5, 5.41) is 4.27. The fraction of sp³-hybridized carbons (Fsp3) is 0.611. The monoisotopic (exact) mass is 423 g/mol. The zero-order valence-corrected chi connectivity index (χ0v) is 17.4. The largest absolute Gasteiger partial charge is 0.444 e. The molecule has 1 amide bonds.